The van der Waals surface area contributed by atoms with E-state index < -0.39 is 5.82 Å². The molecule has 0 saturated carbocycles. The Morgan fingerprint density at radius 1 is 1.12 bits per heavy atom. The van der Waals surface area contributed by atoms with Crippen LogP contribution in [0.25, 0.3) is 11.1 Å². The predicted octanol–water partition coefficient (Wildman–Crippen LogP) is 3.43. The van der Waals surface area contributed by atoms with Gasteiger partial charge in [-0.25, -0.2) is 4.39 Å². The summed E-state index contributed by atoms with van der Waals surface area (Å²) in [4.78, 5) is 0. The summed E-state index contributed by atoms with van der Waals surface area (Å²) in [5.74, 6) is -0.413. The second-order valence-electron chi connectivity index (χ2n) is 3.40. The molecule has 2 nitrogen and oxygen atoms in total. The van der Waals surface area contributed by atoms with Gasteiger partial charge in [-0.3, -0.25) is 0 Å². The monoisotopic (exact) mass is 237 g/mol. The average molecular weight is 238 g/mol. The lowest BCUT2D eigenvalue weighted by molar-refractivity contribution is 0.475. The molecule has 3 N–H and O–H groups in total. The van der Waals surface area contributed by atoms with Crippen molar-refractivity contribution in [2.24, 2.45) is 0 Å². The van der Waals surface area contributed by atoms with E-state index in [1.807, 2.05) is 0 Å². The highest BCUT2D eigenvalue weighted by Gasteiger charge is 2.07. The van der Waals surface area contributed by atoms with Crippen molar-refractivity contribution >= 4 is 17.3 Å². The molecular weight excluding hydrogens is 229 g/mol. The number of phenols is 1. The highest BCUT2D eigenvalue weighted by Crippen LogP contribution is 2.32. The van der Waals surface area contributed by atoms with Gasteiger partial charge < -0.3 is 10.8 Å². The Bertz CT molecular complexity index is 543. The van der Waals surface area contributed by atoms with Gasteiger partial charge in [0.05, 0.1) is 10.7 Å². The highest BCUT2D eigenvalue weighted by molar-refractivity contribution is 6.33. The van der Waals surface area contributed by atoms with Gasteiger partial charge in [0.25, 0.3) is 0 Å². The molecule has 0 radical (unpaired) electrons. The smallest absolute Gasteiger partial charge is 0.124 e. The molecule has 2 aromatic carbocycles. The first-order valence-electron chi connectivity index (χ1n) is 4.62. The Balaban J connectivity index is 2.58. The zero-order valence-electron chi connectivity index (χ0n) is 8.24. The Morgan fingerprint density at radius 3 is 2.56 bits per heavy atom. The van der Waals surface area contributed by atoms with Crippen LogP contribution in [0.1, 0.15) is 0 Å². The van der Waals surface area contributed by atoms with E-state index in [1.54, 1.807) is 18.2 Å². The Hall–Kier alpha value is -1.74. The van der Waals surface area contributed by atoms with E-state index in [0.29, 0.717) is 21.8 Å². The first-order chi connectivity index (χ1) is 7.58. The van der Waals surface area contributed by atoms with E-state index in [9.17, 15) is 9.50 Å². The predicted molar refractivity (Wildman–Crippen MR) is 62.9 cm³/mol. The minimum Gasteiger partial charge on any atom is -0.507 e. The number of rotatable bonds is 1. The van der Waals surface area contributed by atoms with E-state index in [4.69, 9.17) is 17.3 Å². The summed E-state index contributed by atoms with van der Waals surface area (Å²) in [6, 6.07) is 8.62. The van der Waals surface area contributed by atoms with Crippen LogP contribution in [0.2, 0.25) is 5.02 Å². The van der Waals surface area contributed by atoms with Crippen LogP contribution in [0, 0.1) is 5.82 Å². The quantitative estimate of drug-likeness (QED) is 0.747. The maximum absolute atomic E-state index is 13.0. The third kappa shape index (κ3) is 1.95. The van der Waals surface area contributed by atoms with Gasteiger partial charge in [0, 0.05) is 5.56 Å². The second kappa shape index (κ2) is 4.02. The number of nitrogen functional groups attached to an aromatic ring is 1. The van der Waals surface area contributed by atoms with Crippen LogP contribution < -0.4 is 5.73 Å². The van der Waals surface area contributed by atoms with Gasteiger partial charge in [-0.1, -0.05) is 17.7 Å². The van der Waals surface area contributed by atoms with Crippen LogP contribution in [-0.2, 0) is 0 Å². The van der Waals surface area contributed by atoms with Crippen molar-refractivity contribution in [3.63, 3.8) is 0 Å². The maximum Gasteiger partial charge on any atom is 0.124 e. The molecular formula is C12H9ClFNO. The molecule has 82 valence electrons. The van der Waals surface area contributed by atoms with E-state index in [2.05, 4.69) is 0 Å². The van der Waals surface area contributed by atoms with Crippen LogP contribution in [0.15, 0.2) is 36.4 Å². The summed E-state index contributed by atoms with van der Waals surface area (Å²) in [6.45, 7) is 0. The molecule has 2 rings (SSSR count). The number of halogens is 2. The molecule has 2 aromatic rings. The third-order valence-electron chi connectivity index (χ3n) is 2.27. The SMILES string of the molecule is Nc1cc(-c2cc(F)ccc2O)ccc1Cl. The van der Waals surface area contributed by atoms with Gasteiger partial charge in [0.2, 0.25) is 0 Å². The zero-order valence-corrected chi connectivity index (χ0v) is 9.00. The topological polar surface area (TPSA) is 46.2 Å². The highest BCUT2D eigenvalue weighted by atomic mass is 35.5. The zero-order chi connectivity index (χ0) is 11.7. The standard InChI is InChI=1S/C12H9ClFNO/c13-10-3-1-7(5-11(10)15)9-6-8(14)2-4-12(9)16/h1-6,16H,15H2. The molecule has 16 heavy (non-hydrogen) atoms. The summed E-state index contributed by atoms with van der Waals surface area (Å²) >= 11 is 5.78. The van der Waals surface area contributed by atoms with Gasteiger partial charge in [0.1, 0.15) is 11.6 Å². The summed E-state index contributed by atoms with van der Waals surface area (Å²) in [5, 5.41) is 10.0. The molecule has 0 aromatic heterocycles. The molecule has 0 unspecified atom stereocenters. The van der Waals surface area contributed by atoms with Crippen molar-refractivity contribution in [1.29, 1.82) is 0 Å². The Kier molecular flexibility index (Phi) is 2.71. The number of benzene rings is 2. The summed E-state index contributed by atoms with van der Waals surface area (Å²) in [6.07, 6.45) is 0. The Morgan fingerprint density at radius 2 is 1.88 bits per heavy atom. The molecule has 0 amide bonds. The van der Waals surface area contributed by atoms with Gasteiger partial charge in [-0.05, 0) is 35.9 Å². The first kappa shape index (κ1) is 10.8. The van der Waals surface area contributed by atoms with Crippen molar-refractivity contribution in [3.05, 3.63) is 47.2 Å². The molecule has 0 bridgehead atoms. The molecule has 0 fully saturated rings. The largest absolute Gasteiger partial charge is 0.507 e. The molecule has 4 heteroatoms. The van der Waals surface area contributed by atoms with E-state index in [1.165, 1.54) is 18.2 Å². The normalized spacial score (nSPS) is 10.4. The van der Waals surface area contributed by atoms with Crippen molar-refractivity contribution < 1.29 is 9.50 Å². The van der Waals surface area contributed by atoms with Crippen molar-refractivity contribution in [2.75, 3.05) is 5.73 Å². The van der Waals surface area contributed by atoms with Crippen molar-refractivity contribution in [3.8, 4) is 16.9 Å². The summed E-state index contributed by atoms with van der Waals surface area (Å²) < 4.78 is 13.0. The average Bonchev–Trinajstić information content (AvgIpc) is 2.26. The van der Waals surface area contributed by atoms with E-state index in [0.717, 1.165) is 0 Å². The number of hydrogen-bond donors (Lipinski definition) is 2. The molecule has 0 aliphatic heterocycles. The molecule has 0 heterocycles. The second-order valence-corrected chi connectivity index (χ2v) is 3.80. The van der Waals surface area contributed by atoms with Gasteiger partial charge >= 0.3 is 0 Å². The van der Waals surface area contributed by atoms with Crippen LogP contribution >= 0.6 is 11.6 Å². The lowest BCUT2D eigenvalue weighted by Gasteiger charge is -2.06. The van der Waals surface area contributed by atoms with E-state index in [-0.39, 0.29) is 5.75 Å². The molecule has 0 aliphatic carbocycles. The fourth-order valence-electron chi connectivity index (χ4n) is 1.45. The molecule has 0 saturated heterocycles. The fourth-order valence-corrected chi connectivity index (χ4v) is 1.57. The number of aromatic hydroxyl groups is 1. The molecule has 0 aliphatic rings. The number of anilines is 1. The minimum absolute atomic E-state index is 0.00289. The molecule has 0 spiro atoms. The van der Waals surface area contributed by atoms with Gasteiger partial charge in [0.15, 0.2) is 0 Å². The minimum atomic E-state index is -0.415. The summed E-state index contributed by atoms with van der Waals surface area (Å²) in [5.41, 5.74) is 7.05. The van der Waals surface area contributed by atoms with E-state index >= 15 is 0 Å². The van der Waals surface area contributed by atoms with Crippen molar-refractivity contribution in [2.45, 2.75) is 0 Å². The van der Waals surface area contributed by atoms with Crippen LogP contribution in [0.3, 0.4) is 0 Å². The van der Waals surface area contributed by atoms with Gasteiger partial charge in [-0.15, -0.1) is 0 Å². The van der Waals surface area contributed by atoms with Crippen LogP contribution in [-0.4, -0.2) is 5.11 Å². The lowest BCUT2D eigenvalue weighted by atomic mass is 10.0. The van der Waals surface area contributed by atoms with Crippen LogP contribution in [0.5, 0.6) is 5.75 Å². The Labute approximate surface area is 97.1 Å². The van der Waals surface area contributed by atoms with Crippen LogP contribution in [0.4, 0.5) is 10.1 Å². The fraction of sp³-hybridized carbons (Fsp3) is 0. The molecule has 0 atom stereocenters. The summed E-state index contributed by atoms with van der Waals surface area (Å²) in [7, 11) is 0. The first-order valence-corrected chi connectivity index (χ1v) is 4.99. The maximum atomic E-state index is 13.0. The number of nitrogens with two attached hydrogens (primary N) is 1. The lowest BCUT2D eigenvalue weighted by Crippen LogP contribution is -1.88. The van der Waals surface area contributed by atoms with Crippen molar-refractivity contribution in [1.82, 2.24) is 0 Å². The number of hydrogen-bond acceptors (Lipinski definition) is 2. The third-order valence-corrected chi connectivity index (χ3v) is 2.61. The van der Waals surface area contributed by atoms with Gasteiger partial charge in [-0.2, -0.15) is 0 Å². The number of phenolic OH excluding ortho intramolecular Hbond substituents is 1.